The number of fused-ring (bicyclic) bond motifs is 6. The van der Waals surface area contributed by atoms with E-state index in [2.05, 4.69) is 6.58 Å². The van der Waals surface area contributed by atoms with E-state index in [1.54, 1.807) is 12.1 Å². The molecule has 3 heterocycles. The fraction of sp³-hybridized carbons (Fsp3) is 0.150. The molecule has 2 aromatic carbocycles. The number of phenols is 1. The smallest absolute Gasteiger partial charge is 0.348 e. The molecule has 1 unspecified atom stereocenters. The Morgan fingerprint density at radius 3 is 2.76 bits per heavy atom. The first-order chi connectivity index (χ1) is 12.0. The van der Waals surface area contributed by atoms with Crippen molar-refractivity contribution in [2.45, 2.75) is 19.4 Å². The van der Waals surface area contributed by atoms with Crippen molar-refractivity contribution in [2.24, 2.45) is 0 Å². The van der Waals surface area contributed by atoms with Crippen LogP contribution in [0.3, 0.4) is 0 Å². The van der Waals surface area contributed by atoms with Crippen molar-refractivity contribution < 1.29 is 18.7 Å². The summed E-state index contributed by atoms with van der Waals surface area (Å²) in [7, 11) is 0. The second-order valence-corrected chi connectivity index (χ2v) is 6.49. The van der Waals surface area contributed by atoms with Crippen LogP contribution < -0.4 is 10.4 Å². The summed E-state index contributed by atoms with van der Waals surface area (Å²) in [6, 6.07) is 8.36. The average Bonchev–Trinajstić information content (AvgIpc) is 3.13. The lowest BCUT2D eigenvalue weighted by Crippen LogP contribution is -2.13. The molecule has 25 heavy (non-hydrogen) atoms. The first kappa shape index (κ1) is 14.2. The van der Waals surface area contributed by atoms with Crippen molar-refractivity contribution in [1.82, 2.24) is 0 Å². The fourth-order valence-electron chi connectivity index (χ4n) is 3.44. The quantitative estimate of drug-likeness (QED) is 0.415. The molecular formula is C20H14O5. The van der Waals surface area contributed by atoms with Crippen molar-refractivity contribution in [3.63, 3.8) is 0 Å². The summed E-state index contributed by atoms with van der Waals surface area (Å²) in [6.45, 7) is 5.88. The van der Waals surface area contributed by atoms with Crippen molar-refractivity contribution in [3.8, 4) is 11.5 Å². The summed E-state index contributed by atoms with van der Waals surface area (Å²) in [5.41, 5.74) is 2.84. The van der Waals surface area contributed by atoms with E-state index >= 15 is 0 Å². The number of aromatic hydroxyl groups is 1. The molecule has 0 spiro atoms. The number of hydrogen-bond acceptors (Lipinski definition) is 5. The number of furan rings is 1. The number of benzene rings is 2. The molecule has 5 heteroatoms. The molecule has 0 fully saturated rings. The van der Waals surface area contributed by atoms with E-state index in [1.165, 1.54) is 12.1 Å². The Morgan fingerprint density at radius 1 is 1.16 bits per heavy atom. The van der Waals surface area contributed by atoms with Gasteiger partial charge >= 0.3 is 5.63 Å². The highest BCUT2D eigenvalue weighted by Gasteiger charge is 2.26. The Bertz CT molecular complexity index is 1260. The summed E-state index contributed by atoms with van der Waals surface area (Å²) >= 11 is 0. The van der Waals surface area contributed by atoms with Gasteiger partial charge in [-0.05, 0) is 36.3 Å². The van der Waals surface area contributed by atoms with E-state index in [9.17, 15) is 9.90 Å². The largest absolute Gasteiger partial charge is 0.508 e. The van der Waals surface area contributed by atoms with Crippen LogP contribution in [0.15, 0.2) is 56.1 Å². The lowest BCUT2D eigenvalue weighted by molar-refractivity contribution is 0.271. The maximum Gasteiger partial charge on any atom is 0.348 e. The highest BCUT2D eigenvalue weighted by molar-refractivity contribution is 6.13. The van der Waals surface area contributed by atoms with Gasteiger partial charge in [-0.1, -0.05) is 6.58 Å². The number of phenolic OH excluding ortho intramolecular Hbond substituents is 1. The SMILES string of the molecule is C=C(C)C1Cc2cc3c(cc2O1)oc(=O)c1c2ccc(O)cc2oc31. The van der Waals surface area contributed by atoms with Crippen LogP contribution in [0.2, 0.25) is 0 Å². The van der Waals surface area contributed by atoms with Gasteiger partial charge in [0.05, 0.1) is 5.39 Å². The Balaban J connectivity index is 1.87. The average molecular weight is 334 g/mol. The van der Waals surface area contributed by atoms with Gasteiger partial charge in [0.1, 0.15) is 34.2 Å². The van der Waals surface area contributed by atoms with E-state index in [1.807, 2.05) is 13.0 Å². The zero-order chi connectivity index (χ0) is 17.3. The standard InChI is InChI=1S/C20H14O5/c1-9(2)14-6-10-5-13-17(8-15(10)23-14)25-20(22)18-12-4-3-11(21)7-16(12)24-19(13)18/h3-5,7-8,14,21H,1,6H2,2H3. The molecule has 1 aliphatic rings. The molecule has 5 rings (SSSR count). The summed E-state index contributed by atoms with van der Waals surface area (Å²) in [6.07, 6.45) is 0.657. The highest BCUT2D eigenvalue weighted by Crippen LogP contribution is 2.39. The topological polar surface area (TPSA) is 72.8 Å². The minimum absolute atomic E-state index is 0.0679. The molecule has 5 nitrogen and oxygen atoms in total. The van der Waals surface area contributed by atoms with Gasteiger partial charge in [0, 0.05) is 23.9 Å². The first-order valence-electron chi connectivity index (χ1n) is 7.98. The van der Waals surface area contributed by atoms with Crippen LogP contribution in [-0.4, -0.2) is 11.2 Å². The third-order valence-electron chi connectivity index (χ3n) is 4.71. The summed E-state index contributed by atoms with van der Waals surface area (Å²) in [5, 5.41) is 11.4. The molecule has 0 radical (unpaired) electrons. The summed E-state index contributed by atoms with van der Waals surface area (Å²) in [4.78, 5) is 12.5. The molecule has 4 aromatic rings. The molecule has 1 N–H and O–H groups in total. The van der Waals surface area contributed by atoms with Gasteiger partial charge in [-0.15, -0.1) is 0 Å². The molecule has 2 aromatic heterocycles. The van der Waals surface area contributed by atoms with Crippen LogP contribution in [0.4, 0.5) is 0 Å². The molecule has 0 saturated heterocycles. The van der Waals surface area contributed by atoms with Crippen molar-refractivity contribution in [1.29, 1.82) is 0 Å². The molecular weight excluding hydrogens is 320 g/mol. The molecule has 0 bridgehead atoms. The lowest BCUT2D eigenvalue weighted by atomic mass is 10.0. The molecule has 124 valence electrons. The van der Waals surface area contributed by atoms with Gasteiger partial charge in [-0.3, -0.25) is 0 Å². The second kappa shape index (κ2) is 4.66. The molecule has 1 aliphatic heterocycles. The Morgan fingerprint density at radius 2 is 1.96 bits per heavy atom. The predicted octanol–water partition coefficient (Wildman–Crippen LogP) is 4.28. The van der Waals surface area contributed by atoms with E-state index in [4.69, 9.17) is 13.6 Å². The Hall–Kier alpha value is -3.21. The monoisotopic (exact) mass is 334 g/mol. The summed E-state index contributed by atoms with van der Waals surface area (Å²) < 4.78 is 17.3. The minimum Gasteiger partial charge on any atom is -0.508 e. The van der Waals surface area contributed by atoms with Gasteiger partial charge in [0.2, 0.25) is 0 Å². The molecule has 1 atom stereocenters. The zero-order valence-electron chi connectivity index (χ0n) is 13.5. The fourth-order valence-corrected chi connectivity index (χ4v) is 3.44. The zero-order valence-corrected chi connectivity index (χ0v) is 13.5. The van der Waals surface area contributed by atoms with Gasteiger partial charge < -0.3 is 18.7 Å². The number of ether oxygens (including phenoxy) is 1. The van der Waals surface area contributed by atoms with E-state index in [0.717, 1.165) is 22.9 Å². The maximum absolute atomic E-state index is 12.5. The van der Waals surface area contributed by atoms with Crippen LogP contribution in [0.25, 0.3) is 32.9 Å². The first-order valence-corrected chi connectivity index (χ1v) is 7.98. The number of rotatable bonds is 1. The molecule has 0 saturated carbocycles. The highest BCUT2D eigenvalue weighted by atomic mass is 16.5. The van der Waals surface area contributed by atoms with Gasteiger partial charge in [-0.2, -0.15) is 0 Å². The van der Waals surface area contributed by atoms with Crippen molar-refractivity contribution >= 4 is 32.9 Å². The maximum atomic E-state index is 12.5. The van der Waals surface area contributed by atoms with Gasteiger partial charge in [-0.25, -0.2) is 4.79 Å². The Kier molecular flexibility index (Phi) is 2.64. The van der Waals surface area contributed by atoms with Crippen molar-refractivity contribution in [2.75, 3.05) is 0 Å². The van der Waals surface area contributed by atoms with Gasteiger partial charge in [0.15, 0.2) is 5.58 Å². The predicted molar refractivity (Wildman–Crippen MR) is 94.4 cm³/mol. The lowest BCUT2D eigenvalue weighted by Gasteiger charge is -2.08. The van der Waals surface area contributed by atoms with Crippen LogP contribution in [0.5, 0.6) is 11.5 Å². The van der Waals surface area contributed by atoms with E-state index in [0.29, 0.717) is 33.3 Å². The van der Waals surface area contributed by atoms with Crippen LogP contribution >= 0.6 is 0 Å². The third-order valence-corrected chi connectivity index (χ3v) is 4.71. The second-order valence-electron chi connectivity index (χ2n) is 6.49. The number of hydrogen-bond donors (Lipinski definition) is 1. The normalized spacial score (nSPS) is 16.4. The van der Waals surface area contributed by atoms with Gasteiger partial charge in [0.25, 0.3) is 0 Å². The Labute approximate surface area is 141 Å². The van der Waals surface area contributed by atoms with Crippen molar-refractivity contribution in [3.05, 3.63) is 58.5 Å². The third kappa shape index (κ3) is 1.92. The van der Waals surface area contributed by atoms with Crippen LogP contribution in [-0.2, 0) is 6.42 Å². The minimum atomic E-state index is -0.471. The summed E-state index contributed by atoms with van der Waals surface area (Å²) in [5.74, 6) is 0.788. The van der Waals surface area contributed by atoms with E-state index < -0.39 is 5.63 Å². The molecule has 0 amide bonds. The van der Waals surface area contributed by atoms with E-state index in [-0.39, 0.29) is 11.9 Å². The van der Waals surface area contributed by atoms with Crippen LogP contribution in [0, 0.1) is 0 Å². The van der Waals surface area contributed by atoms with Crippen LogP contribution in [0.1, 0.15) is 12.5 Å². The molecule has 0 aliphatic carbocycles.